The Bertz CT molecular complexity index is 1140. The smallest absolute Gasteiger partial charge is 0.387 e. The van der Waals surface area contributed by atoms with Gasteiger partial charge >= 0.3 is 6.61 Å². The quantitative estimate of drug-likeness (QED) is 0.602. The fraction of sp³-hybridized carbons (Fsp3) is 0.0952. The van der Waals surface area contributed by atoms with Crippen molar-refractivity contribution >= 4 is 27.3 Å². The summed E-state index contributed by atoms with van der Waals surface area (Å²) in [5.74, 6) is -0.867. The normalized spacial score (nSPS) is 11.2. The first-order valence-corrected chi connectivity index (χ1v) is 10.2. The molecule has 0 aliphatic carbocycles. The van der Waals surface area contributed by atoms with E-state index in [9.17, 15) is 22.0 Å². The van der Waals surface area contributed by atoms with Crippen molar-refractivity contribution in [3.63, 3.8) is 0 Å². The van der Waals surface area contributed by atoms with Gasteiger partial charge in [-0.05, 0) is 42.5 Å². The van der Waals surface area contributed by atoms with E-state index in [0.717, 1.165) is 4.31 Å². The predicted octanol–water partition coefficient (Wildman–Crippen LogP) is 4.37. The van der Waals surface area contributed by atoms with Crippen molar-refractivity contribution in [3.8, 4) is 5.75 Å². The molecular weight excluding hydrogens is 414 g/mol. The summed E-state index contributed by atoms with van der Waals surface area (Å²) in [6.45, 7) is -3.05. The van der Waals surface area contributed by atoms with Crippen LogP contribution in [0.2, 0.25) is 0 Å². The Balaban J connectivity index is 1.86. The monoisotopic (exact) mass is 432 g/mol. The van der Waals surface area contributed by atoms with Crippen LogP contribution in [0.25, 0.3) is 0 Å². The Kier molecular flexibility index (Phi) is 6.31. The zero-order chi connectivity index (χ0) is 21.7. The molecule has 9 heteroatoms. The number of sulfonamides is 1. The first-order valence-electron chi connectivity index (χ1n) is 8.78. The van der Waals surface area contributed by atoms with E-state index in [1.54, 1.807) is 36.4 Å². The lowest BCUT2D eigenvalue weighted by Gasteiger charge is -2.19. The van der Waals surface area contributed by atoms with Crippen LogP contribution in [-0.2, 0) is 10.0 Å². The van der Waals surface area contributed by atoms with Crippen molar-refractivity contribution < 1.29 is 26.7 Å². The summed E-state index contributed by atoms with van der Waals surface area (Å²) in [6, 6.07) is 19.7. The molecule has 3 aromatic rings. The molecule has 0 heterocycles. The molecule has 0 aliphatic rings. The Labute approximate surface area is 172 Å². The molecule has 30 heavy (non-hydrogen) atoms. The molecule has 0 saturated heterocycles. The maximum Gasteiger partial charge on any atom is 0.387 e. The van der Waals surface area contributed by atoms with Gasteiger partial charge in [0.25, 0.3) is 15.9 Å². The van der Waals surface area contributed by atoms with E-state index in [1.807, 2.05) is 0 Å². The second-order valence-electron chi connectivity index (χ2n) is 6.16. The molecule has 3 rings (SSSR count). The maximum atomic E-state index is 12.9. The molecule has 0 fully saturated rings. The van der Waals surface area contributed by atoms with Crippen LogP contribution in [0.4, 0.5) is 20.2 Å². The van der Waals surface area contributed by atoms with E-state index < -0.39 is 22.5 Å². The number of halogens is 2. The molecule has 0 aliphatic heterocycles. The number of anilines is 2. The number of ether oxygens (including phenoxy) is 1. The second kappa shape index (κ2) is 8.91. The van der Waals surface area contributed by atoms with Gasteiger partial charge < -0.3 is 10.1 Å². The summed E-state index contributed by atoms with van der Waals surface area (Å²) in [6.07, 6.45) is 0. The van der Waals surface area contributed by atoms with Crippen molar-refractivity contribution in [1.82, 2.24) is 0 Å². The minimum atomic E-state index is -3.92. The van der Waals surface area contributed by atoms with E-state index in [1.165, 1.54) is 49.5 Å². The molecule has 3 aromatic carbocycles. The third-order valence-corrected chi connectivity index (χ3v) is 6.01. The Morgan fingerprint density at radius 3 is 2.33 bits per heavy atom. The van der Waals surface area contributed by atoms with E-state index in [2.05, 4.69) is 10.1 Å². The van der Waals surface area contributed by atoms with Crippen molar-refractivity contribution in [2.75, 3.05) is 16.7 Å². The van der Waals surface area contributed by atoms with Gasteiger partial charge in [-0.25, -0.2) is 8.42 Å². The van der Waals surface area contributed by atoms with Gasteiger partial charge in [0.2, 0.25) is 0 Å². The van der Waals surface area contributed by atoms with Gasteiger partial charge in [-0.2, -0.15) is 8.78 Å². The lowest BCUT2D eigenvalue weighted by Crippen LogP contribution is -2.26. The highest BCUT2D eigenvalue weighted by atomic mass is 32.2. The summed E-state index contributed by atoms with van der Waals surface area (Å²) in [5, 5.41) is 2.47. The van der Waals surface area contributed by atoms with E-state index in [-0.39, 0.29) is 21.9 Å². The van der Waals surface area contributed by atoms with Crippen LogP contribution in [0.5, 0.6) is 5.75 Å². The first kappa shape index (κ1) is 21.3. The standard InChI is InChI=1S/C21H18F2N2O4S/c1-25(16-9-3-2-4-10-16)30(27,28)17-11-7-8-15(14-17)20(26)24-18-12-5-6-13-19(18)29-21(22)23/h2-14,21H,1H3,(H,24,26). The van der Waals surface area contributed by atoms with Crippen LogP contribution in [0.1, 0.15) is 10.4 Å². The van der Waals surface area contributed by atoms with Gasteiger partial charge in [-0.1, -0.05) is 36.4 Å². The minimum absolute atomic E-state index is 0.0393. The number of amides is 1. The van der Waals surface area contributed by atoms with Crippen LogP contribution < -0.4 is 14.4 Å². The molecule has 0 unspecified atom stereocenters. The highest BCUT2D eigenvalue weighted by molar-refractivity contribution is 7.92. The van der Waals surface area contributed by atoms with Gasteiger partial charge in [0.1, 0.15) is 5.75 Å². The van der Waals surface area contributed by atoms with Crippen LogP contribution in [0, 0.1) is 0 Å². The Hall–Kier alpha value is -3.46. The van der Waals surface area contributed by atoms with Gasteiger partial charge in [0.15, 0.2) is 0 Å². The van der Waals surface area contributed by atoms with E-state index in [4.69, 9.17) is 0 Å². The Morgan fingerprint density at radius 2 is 1.63 bits per heavy atom. The lowest BCUT2D eigenvalue weighted by molar-refractivity contribution is -0.0493. The number of hydrogen-bond acceptors (Lipinski definition) is 4. The largest absolute Gasteiger partial charge is 0.433 e. The maximum absolute atomic E-state index is 12.9. The molecule has 1 amide bonds. The zero-order valence-corrected chi connectivity index (χ0v) is 16.6. The molecule has 1 N–H and O–H groups in total. The molecule has 156 valence electrons. The van der Waals surface area contributed by atoms with E-state index in [0.29, 0.717) is 5.69 Å². The van der Waals surface area contributed by atoms with Gasteiger partial charge in [0.05, 0.1) is 16.3 Å². The highest BCUT2D eigenvalue weighted by Gasteiger charge is 2.22. The topological polar surface area (TPSA) is 75.7 Å². The molecule has 0 saturated carbocycles. The Morgan fingerprint density at radius 1 is 0.967 bits per heavy atom. The third-order valence-electron chi connectivity index (χ3n) is 4.23. The minimum Gasteiger partial charge on any atom is -0.433 e. The number of benzene rings is 3. The highest BCUT2D eigenvalue weighted by Crippen LogP contribution is 2.27. The average molecular weight is 432 g/mol. The third kappa shape index (κ3) is 4.74. The second-order valence-corrected chi connectivity index (χ2v) is 8.13. The van der Waals surface area contributed by atoms with Crippen LogP contribution in [0.15, 0.2) is 83.8 Å². The van der Waals surface area contributed by atoms with Gasteiger partial charge in [-0.15, -0.1) is 0 Å². The van der Waals surface area contributed by atoms with Crippen LogP contribution in [-0.4, -0.2) is 28.0 Å². The molecular formula is C21H18F2N2O4S. The number of carbonyl (C=O) groups excluding carboxylic acids is 1. The number of rotatable bonds is 7. The summed E-state index contributed by atoms with van der Waals surface area (Å²) < 4.78 is 56.5. The van der Waals surface area contributed by atoms with Crippen molar-refractivity contribution in [3.05, 3.63) is 84.4 Å². The SMILES string of the molecule is CN(c1ccccc1)S(=O)(=O)c1cccc(C(=O)Nc2ccccc2OC(F)F)c1. The number of hydrogen-bond donors (Lipinski definition) is 1. The van der Waals surface area contributed by atoms with Crippen molar-refractivity contribution in [2.45, 2.75) is 11.5 Å². The number of nitrogens with one attached hydrogen (secondary N) is 1. The van der Waals surface area contributed by atoms with Crippen molar-refractivity contribution in [2.24, 2.45) is 0 Å². The van der Waals surface area contributed by atoms with E-state index >= 15 is 0 Å². The fourth-order valence-electron chi connectivity index (χ4n) is 2.70. The molecule has 0 bridgehead atoms. The molecule has 0 spiro atoms. The summed E-state index contributed by atoms with van der Waals surface area (Å²) >= 11 is 0. The molecule has 0 radical (unpaired) electrons. The summed E-state index contributed by atoms with van der Waals surface area (Å²) in [5.41, 5.74) is 0.548. The summed E-state index contributed by atoms with van der Waals surface area (Å²) in [7, 11) is -2.50. The number of para-hydroxylation sites is 3. The van der Waals surface area contributed by atoms with Crippen LogP contribution >= 0.6 is 0 Å². The van der Waals surface area contributed by atoms with Crippen LogP contribution in [0.3, 0.4) is 0 Å². The van der Waals surface area contributed by atoms with Gasteiger partial charge in [-0.3, -0.25) is 9.10 Å². The van der Waals surface area contributed by atoms with Gasteiger partial charge in [0, 0.05) is 12.6 Å². The average Bonchev–Trinajstić information content (AvgIpc) is 2.75. The van der Waals surface area contributed by atoms with Crippen molar-refractivity contribution in [1.29, 1.82) is 0 Å². The lowest BCUT2D eigenvalue weighted by atomic mass is 10.2. The number of carbonyl (C=O) groups is 1. The summed E-state index contributed by atoms with van der Waals surface area (Å²) in [4.78, 5) is 12.5. The zero-order valence-electron chi connectivity index (χ0n) is 15.8. The predicted molar refractivity (Wildman–Crippen MR) is 110 cm³/mol. The molecule has 0 aromatic heterocycles. The first-order chi connectivity index (χ1) is 14.3. The number of nitrogens with zero attached hydrogens (tertiary/aromatic N) is 1. The molecule has 6 nitrogen and oxygen atoms in total. The number of alkyl halides is 2. The molecule has 0 atom stereocenters. The fourth-order valence-corrected chi connectivity index (χ4v) is 3.94.